The van der Waals surface area contributed by atoms with Crippen molar-refractivity contribution in [3.8, 4) is 0 Å². The maximum Gasteiger partial charge on any atom is 0.425 e. The molecule has 7 rings (SSSR count). The highest BCUT2D eigenvalue weighted by atomic mass is 32.2. The van der Waals surface area contributed by atoms with Gasteiger partial charge in [0.2, 0.25) is 5.95 Å². The molecule has 0 aliphatic rings. The summed E-state index contributed by atoms with van der Waals surface area (Å²) in [5.74, 6) is 0.277. The molecule has 1 heterocycles. The van der Waals surface area contributed by atoms with Crippen LogP contribution in [0.2, 0.25) is 0 Å². The lowest BCUT2D eigenvalue weighted by molar-refractivity contribution is 0.481. The Bertz CT molecular complexity index is 3950. The highest BCUT2D eigenvalue weighted by Gasteiger charge is 2.18. The standard InChI is InChI=1S/C46H42N12O9S3.2O3S/c1-3-33-26-32(10-21-41(33)57-54-36-13-11-35(12-14-36)52-53-37-15-18-39(19-16-37)69(62,63)64)28-45-48-44(49-46(50-45)47-23-24-68(59,60)61)27-31-9-20-40(30(2)25-31)56-58-42-22-17-38(29-43(42)70(65,66)67)55-51-34-7-5-4-6-8-34;2*1-4(2)3/h4-22,25-26,29H,3,23-24,27-28H2,1-2H3,(H,59,60,61)(H,62,63,64)(H,65,66,67)(H,47,48,49,50);;. The summed E-state index contributed by atoms with van der Waals surface area (Å²) >= 11 is 0. The Morgan fingerprint density at radius 2 is 0.923 bits per heavy atom. The highest BCUT2D eigenvalue weighted by Crippen LogP contribution is 2.33. The van der Waals surface area contributed by atoms with Crippen LogP contribution in [0.5, 0.6) is 0 Å². The molecule has 1 aromatic heterocycles. The molecule has 0 radical (unpaired) electrons. The van der Waals surface area contributed by atoms with Crippen LogP contribution in [0.1, 0.15) is 40.8 Å². The summed E-state index contributed by atoms with van der Waals surface area (Å²) in [4.78, 5) is 13.0. The van der Waals surface area contributed by atoms with Crippen LogP contribution in [0.3, 0.4) is 0 Å². The van der Waals surface area contributed by atoms with Gasteiger partial charge in [0.05, 0.1) is 50.5 Å². The van der Waals surface area contributed by atoms with Crippen LogP contribution < -0.4 is 5.32 Å². The third-order valence-electron chi connectivity index (χ3n) is 9.94. The van der Waals surface area contributed by atoms with Crippen LogP contribution in [0.4, 0.5) is 51.4 Å². The van der Waals surface area contributed by atoms with Gasteiger partial charge in [-0.25, -0.2) is 4.98 Å². The van der Waals surface area contributed by atoms with Gasteiger partial charge < -0.3 is 5.32 Å². The Labute approximate surface area is 448 Å². The number of aryl methyl sites for hydroxylation is 2. The van der Waals surface area contributed by atoms with Crippen molar-refractivity contribution in [1.82, 2.24) is 15.0 Å². The van der Waals surface area contributed by atoms with Gasteiger partial charge in [0, 0.05) is 19.4 Å². The van der Waals surface area contributed by atoms with E-state index < -0.39 is 62.2 Å². The predicted molar refractivity (Wildman–Crippen MR) is 279 cm³/mol. The average Bonchev–Trinajstić information content (AvgIpc) is 3.36. The Hall–Kier alpha value is -8.50. The second-order valence-corrected chi connectivity index (χ2v) is 20.9. The third-order valence-corrected chi connectivity index (χ3v) is 12.4. The molecule has 0 fully saturated rings. The Morgan fingerprint density at radius 3 is 1.42 bits per heavy atom. The summed E-state index contributed by atoms with van der Waals surface area (Å²) < 4.78 is 149. The lowest BCUT2D eigenvalue weighted by Gasteiger charge is -2.11. The third kappa shape index (κ3) is 20.9. The number of azo groups is 4. The molecule has 7 aromatic rings. The predicted octanol–water partition coefficient (Wildman–Crippen LogP) is 9.37. The molecule has 0 spiro atoms. The number of anilines is 1. The molecule has 0 bridgehead atoms. The smallest absolute Gasteiger partial charge is 0.353 e. The van der Waals surface area contributed by atoms with Gasteiger partial charge in [-0.15, -0.1) is 30.4 Å². The van der Waals surface area contributed by atoms with Crippen LogP contribution >= 0.6 is 0 Å². The van der Waals surface area contributed by atoms with E-state index in [0.29, 0.717) is 57.8 Å². The fraction of sp³-hybridized carbons (Fsp3) is 0.152. The lowest BCUT2D eigenvalue weighted by Crippen LogP contribution is -2.17. The Balaban J connectivity index is 0.00000131. The second-order valence-electron chi connectivity index (χ2n) is 15.7. The summed E-state index contributed by atoms with van der Waals surface area (Å²) in [6, 6.07) is 35.9. The number of hydrogen-bond donors (Lipinski definition) is 4. The molecule has 6 aromatic carbocycles. The molecule has 0 atom stereocenters. The molecule has 0 unspecified atom stereocenters. The normalized spacial score (nSPS) is 11.8. The van der Waals surface area contributed by atoms with Gasteiger partial charge in [-0.2, -0.15) is 71.0 Å². The highest BCUT2D eigenvalue weighted by molar-refractivity contribution is 7.86. The maximum absolute atomic E-state index is 12.3. The number of nitrogens with one attached hydrogen (secondary N) is 1. The van der Waals surface area contributed by atoms with E-state index in [9.17, 15) is 34.4 Å². The molecule has 406 valence electrons. The topological polar surface area (TPSA) is 415 Å². The van der Waals surface area contributed by atoms with Gasteiger partial charge in [-0.3, -0.25) is 13.7 Å². The first-order chi connectivity index (χ1) is 36.8. The zero-order chi connectivity index (χ0) is 57.0. The molecular formula is C46H42N12O15S5. The van der Waals surface area contributed by atoms with E-state index >= 15 is 0 Å². The van der Waals surface area contributed by atoms with Crippen molar-refractivity contribution in [1.29, 1.82) is 0 Å². The number of benzene rings is 6. The molecule has 27 nitrogen and oxygen atoms in total. The van der Waals surface area contributed by atoms with E-state index in [1.807, 2.05) is 37.3 Å². The van der Waals surface area contributed by atoms with Gasteiger partial charge in [0.1, 0.15) is 22.2 Å². The van der Waals surface area contributed by atoms with Crippen LogP contribution in [0.15, 0.2) is 184 Å². The first-order valence-electron chi connectivity index (χ1n) is 22.0. The summed E-state index contributed by atoms with van der Waals surface area (Å²) in [5.41, 5.74) is 6.35. The van der Waals surface area contributed by atoms with Gasteiger partial charge in [-0.05, 0) is 127 Å². The number of hydrogen-bond acceptors (Lipinski definition) is 24. The summed E-state index contributed by atoms with van der Waals surface area (Å²) in [5, 5.41) is 36.5. The van der Waals surface area contributed by atoms with Crippen molar-refractivity contribution in [3.05, 3.63) is 167 Å². The number of nitrogens with zero attached hydrogens (tertiary/aromatic N) is 11. The van der Waals surface area contributed by atoms with Gasteiger partial charge >= 0.3 is 21.2 Å². The van der Waals surface area contributed by atoms with Crippen LogP contribution in [0.25, 0.3) is 0 Å². The minimum atomic E-state index is -4.71. The summed E-state index contributed by atoms with van der Waals surface area (Å²) in [6.07, 6.45) is 1.13. The maximum atomic E-state index is 12.3. The van der Waals surface area contributed by atoms with E-state index in [1.54, 1.807) is 67.6 Å². The zero-order valence-corrected chi connectivity index (χ0v) is 44.5. The molecule has 0 saturated carbocycles. The molecule has 0 aliphatic heterocycles. The minimum Gasteiger partial charge on any atom is -0.353 e. The zero-order valence-electron chi connectivity index (χ0n) is 40.4. The summed E-state index contributed by atoms with van der Waals surface area (Å²) in [7, 11) is -19.5. The molecule has 32 heteroatoms. The van der Waals surface area contributed by atoms with E-state index in [1.165, 1.54) is 36.4 Å². The Kier molecular flexibility index (Phi) is 21.7. The SMILES string of the molecule is CCc1cc(Cc2nc(Cc3ccc(N=Nc4ccc(N=Nc5ccccc5)cc4S(=O)(=O)O)c(C)c3)nc(NCCS(=O)(=O)O)n2)ccc1N=Nc1ccc(N=Nc2ccc(S(=O)(=O)O)cc2)cc1.O=S(=O)=O.O=S(=O)=O. The van der Waals surface area contributed by atoms with Crippen molar-refractivity contribution in [2.45, 2.75) is 42.9 Å². The number of aromatic nitrogens is 3. The quantitative estimate of drug-likeness (QED) is 0.0432. The fourth-order valence-electron chi connectivity index (χ4n) is 6.50. The van der Waals surface area contributed by atoms with E-state index in [-0.39, 0.29) is 41.6 Å². The largest absolute Gasteiger partial charge is 0.425 e. The van der Waals surface area contributed by atoms with Gasteiger partial charge in [0.25, 0.3) is 30.4 Å². The fourth-order valence-corrected chi connectivity index (χ4v) is 7.98. The monoisotopic (exact) mass is 1160 g/mol. The van der Waals surface area contributed by atoms with E-state index in [4.69, 9.17) is 34.8 Å². The molecule has 0 saturated heterocycles. The molecular weight excluding hydrogens is 1120 g/mol. The average molecular weight is 1160 g/mol. The van der Waals surface area contributed by atoms with Crippen molar-refractivity contribution >= 4 is 103 Å². The van der Waals surface area contributed by atoms with E-state index in [0.717, 1.165) is 22.8 Å². The van der Waals surface area contributed by atoms with Crippen LogP contribution in [-0.4, -0.2) is 91.4 Å². The van der Waals surface area contributed by atoms with E-state index in [2.05, 4.69) is 56.2 Å². The van der Waals surface area contributed by atoms with Crippen molar-refractivity contribution < 1.29 is 64.2 Å². The summed E-state index contributed by atoms with van der Waals surface area (Å²) in [6.45, 7) is 3.61. The van der Waals surface area contributed by atoms with Crippen molar-refractivity contribution in [2.75, 3.05) is 17.6 Å². The van der Waals surface area contributed by atoms with Crippen molar-refractivity contribution in [2.24, 2.45) is 40.9 Å². The Morgan fingerprint density at radius 1 is 0.487 bits per heavy atom. The minimum absolute atomic E-state index is 0.107. The van der Waals surface area contributed by atoms with Crippen LogP contribution in [-0.2, 0) is 70.8 Å². The van der Waals surface area contributed by atoms with Gasteiger partial charge in [-0.1, -0.05) is 49.4 Å². The lowest BCUT2D eigenvalue weighted by atomic mass is 10.0. The first-order valence-corrected chi connectivity index (χ1v) is 28.5. The number of rotatable bonds is 19. The molecule has 0 aliphatic carbocycles. The molecule has 78 heavy (non-hydrogen) atoms. The molecule has 4 N–H and O–H groups in total. The van der Waals surface area contributed by atoms with Crippen molar-refractivity contribution in [3.63, 3.8) is 0 Å². The molecule has 0 amide bonds. The van der Waals surface area contributed by atoms with Crippen LogP contribution in [0, 0.1) is 6.92 Å². The second kappa shape index (κ2) is 28.0. The van der Waals surface area contributed by atoms with Gasteiger partial charge in [0.15, 0.2) is 0 Å². The first kappa shape index (κ1) is 60.4.